The molecule has 1 aromatic carbocycles. The summed E-state index contributed by atoms with van der Waals surface area (Å²) < 4.78 is 16.1. The van der Waals surface area contributed by atoms with E-state index in [1.165, 1.54) is 0 Å². The van der Waals surface area contributed by atoms with Gasteiger partial charge in [0.05, 0.1) is 20.8 Å². The minimum atomic E-state index is 0.650. The van der Waals surface area contributed by atoms with Crippen LogP contribution in [0.15, 0.2) is 18.2 Å². The predicted molar refractivity (Wildman–Crippen MR) is 68.1 cm³/mol. The van der Waals surface area contributed by atoms with E-state index in [9.17, 15) is 0 Å². The third kappa shape index (κ3) is 3.52. The van der Waals surface area contributed by atoms with Gasteiger partial charge < -0.3 is 14.2 Å². The molecule has 0 aliphatic heterocycles. The quantitative estimate of drug-likeness (QED) is 0.588. The maximum atomic E-state index is 5.67. The summed E-state index contributed by atoms with van der Waals surface area (Å²) in [6.45, 7) is 0.650. The van der Waals surface area contributed by atoms with Gasteiger partial charge in [0.1, 0.15) is 0 Å². The normalized spacial score (nSPS) is 9.94. The lowest BCUT2D eigenvalue weighted by molar-refractivity contribution is 0.270. The van der Waals surface area contributed by atoms with Crippen molar-refractivity contribution < 1.29 is 14.2 Å². The first kappa shape index (κ1) is 13.0. The van der Waals surface area contributed by atoms with E-state index in [2.05, 4.69) is 12.6 Å². The molecule has 0 fully saturated rings. The van der Waals surface area contributed by atoms with E-state index in [0.717, 1.165) is 18.6 Å². The summed E-state index contributed by atoms with van der Waals surface area (Å²) in [6.07, 6.45) is 2.02. The van der Waals surface area contributed by atoms with E-state index in [0.29, 0.717) is 23.9 Å². The summed E-state index contributed by atoms with van der Waals surface area (Å²) in [5.74, 6) is 2.95. The molecule has 0 saturated carbocycles. The predicted octanol–water partition coefficient (Wildman–Crippen LogP) is 2.79. The van der Waals surface area contributed by atoms with Crippen LogP contribution in [0.5, 0.6) is 17.2 Å². The maximum absolute atomic E-state index is 5.67. The van der Waals surface area contributed by atoms with Gasteiger partial charge in [0.25, 0.3) is 0 Å². The van der Waals surface area contributed by atoms with Gasteiger partial charge in [-0.1, -0.05) is 6.07 Å². The number of hydrogen-bond donors (Lipinski definition) is 1. The fourth-order valence-corrected chi connectivity index (χ4v) is 1.57. The summed E-state index contributed by atoms with van der Waals surface area (Å²) >= 11 is 4.15. The van der Waals surface area contributed by atoms with Crippen molar-refractivity contribution in [2.75, 3.05) is 26.6 Å². The molecule has 3 nitrogen and oxygen atoms in total. The average Bonchev–Trinajstić information content (AvgIpc) is 2.34. The lowest BCUT2D eigenvalue weighted by Gasteiger charge is -2.13. The van der Waals surface area contributed by atoms with Crippen LogP contribution >= 0.6 is 12.6 Å². The summed E-state index contributed by atoms with van der Waals surface area (Å²) in [4.78, 5) is 0. The number of benzene rings is 1. The molecule has 0 unspecified atom stereocenters. The zero-order valence-corrected chi connectivity index (χ0v) is 10.6. The van der Waals surface area contributed by atoms with Crippen molar-refractivity contribution in [1.29, 1.82) is 0 Å². The lowest BCUT2D eigenvalue weighted by Crippen LogP contribution is -2.01. The summed E-state index contributed by atoms with van der Waals surface area (Å²) in [5.41, 5.74) is 0. The molecule has 16 heavy (non-hydrogen) atoms. The highest BCUT2D eigenvalue weighted by Gasteiger charge is 2.10. The molecule has 0 spiro atoms. The molecular weight excluding hydrogens is 224 g/mol. The zero-order chi connectivity index (χ0) is 11.8. The van der Waals surface area contributed by atoms with Crippen LogP contribution in [0.3, 0.4) is 0 Å². The molecule has 0 heterocycles. The minimum Gasteiger partial charge on any atom is -0.493 e. The van der Waals surface area contributed by atoms with Crippen molar-refractivity contribution in [2.45, 2.75) is 12.8 Å². The first-order valence-corrected chi connectivity index (χ1v) is 5.91. The van der Waals surface area contributed by atoms with Crippen LogP contribution in [-0.2, 0) is 0 Å². The number of unbranched alkanes of at least 4 members (excludes halogenated alkanes) is 1. The molecule has 0 N–H and O–H groups in total. The Bertz CT molecular complexity index is 293. The van der Waals surface area contributed by atoms with E-state index in [-0.39, 0.29) is 0 Å². The Hall–Kier alpha value is -1.03. The second-order valence-corrected chi connectivity index (χ2v) is 3.72. The SMILES string of the molecule is COc1cccc(OC)c1OCCCCS. The third-order valence-electron chi connectivity index (χ3n) is 2.18. The number of hydrogen-bond acceptors (Lipinski definition) is 4. The number of para-hydroxylation sites is 1. The Morgan fingerprint density at radius 1 is 1.06 bits per heavy atom. The van der Waals surface area contributed by atoms with Gasteiger partial charge in [-0.15, -0.1) is 0 Å². The number of methoxy groups -OCH3 is 2. The summed E-state index contributed by atoms with van der Waals surface area (Å²) in [7, 11) is 3.24. The van der Waals surface area contributed by atoms with Crippen LogP contribution in [0.25, 0.3) is 0 Å². The van der Waals surface area contributed by atoms with Gasteiger partial charge in [0.2, 0.25) is 5.75 Å². The van der Waals surface area contributed by atoms with Gasteiger partial charge in [0, 0.05) is 0 Å². The van der Waals surface area contributed by atoms with E-state index in [1.54, 1.807) is 14.2 Å². The van der Waals surface area contributed by atoms with Gasteiger partial charge in [-0.25, -0.2) is 0 Å². The first-order valence-electron chi connectivity index (χ1n) is 5.28. The smallest absolute Gasteiger partial charge is 0.203 e. The van der Waals surface area contributed by atoms with Gasteiger partial charge in [-0.2, -0.15) is 12.6 Å². The van der Waals surface area contributed by atoms with Gasteiger partial charge in [-0.05, 0) is 30.7 Å². The van der Waals surface area contributed by atoms with Crippen LogP contribution in [0.1, 0.15) is 12.8 Å². The Labute approximate surface area is 102 Å². The van der Waals surface area contributed by atoms with E-state index < -0.39 is 0 Å². The standard InChI is InChI=1S/C12H18O3S/c1-13-10-6-5-7-11(14-2)12(10)15-8-3-4-9-16/h5-7,16H,3-4,8-9H2,1-2H3. The van der Waals surface area contributed by atoms with Crippen molar-refractivity contribution in [3.05, 3.63) is 18.2 Å². The Morgan fingerprint density at radius 2 is 1.69 bits per heavy atom. The largest absolute Gasteiger partial charge is 0.493 e. The number of ether oxygens (including phenoxy) is 3. The summed E-state index contributed by atoms with van der Waals surface area (Å²) in [5, 5.41) is 0. The molecule has 0 aliphatic carbocycles. The van der Waals surface area contributed by atoms with Crippen molar-refractivity contribution in [3.8, 4) is 17.2 Å². The molecule has 0 atom stereocenters. The fourth-order valence-electron chi connectivity index (χ4n) is 1.35. The molecule has 0 aromatic heterocycles. The van der Waals surface area contributed by atoms with Crippen LogP contribution in [0.2, 0.25) is 0 Å². The van der Waals surface area contributed by atoms with Crippen molar-refractivity contribution in [1.82, 2.24) is 0 Å². The van der Waals surface area contributed by atoms with E-state index in [4.69, 9.17) is 14.2 Å². The Morgan fingerprint density at radius 3 is 2.19 bits per heavy atom. The molecule has 4 heteroatoms. The lowest BCUT2D eigenvalue weighted by atomic mass is 10.3. The molecule has 0 amide bonds. The van der Waals surface area contributed by atoms with E-state index >= 15 is 0 Å². The minimum absolute atomic E-state index is 0.650. The van der Waals surface area contributed by atoms with Gasteiger partial charge in [-0.3, -0.25) is 0 Å². The highest BCUT2D eigenvalue weighted by atomic mass is 32.1. The van der Waals surface area contributed by atoms with E-state index in [1.807, 2.05) is 18.2 Å². The zero-order valence-electron chi connectivity index (χ0n) is 9.73. The van der Waals surface area contributed by atoms with Crippen molar-refractivity contribution in [2.24, 2.45) is 0 Å². The van der Waals surface area contributed by atoms with Crippen molar-refractivity contribution in [3.63, 3.8) is 0 Å². The van der Waals surface area contributed by atoms with Crippen molar-refractivity contribution >= 4 is 12.6 Å². The first-order chi connectivity index (χ1) is 7.83. The molecule has 0 bridgehead atoms. The third-order valence-corrected chi connectivity index (χ3v) is 2.50. The molecule has 1 rings (SSSR count). The number of thiol groups is 1. The maximum Gasteiger partial charge on any atom is 0.203 e. The fraction of sp³-hybridized carbons (Fsp3) is 0.500. The summed E-state index contributed by atoms with van der Waals surface area (Å²) in [6, 6.07) is 5.59. The molecule has 1 aromatic rings. The van der Waals surface area contributed by atoms with Crippen LogP contribution in [-0.4, -0.2) is 26.6 Å². The van der Waals surface area contributed by atoms with Gasteiger partial charge in [0.15, 0.2) is 11.5 Å². The molecular formula is C12H18O3S. The van der Waals surface area contributed by atoms with Gasteiger partial charge >= 0.3 is 0 Å². The average molecular weight is 242 g/mol. The molecule has 0 aliphatic rings. The highest BCUT2D eigenvalue weighted by molar-refractivity contribution is 7.80. The van der Waals surface area contributed by atoms with Crippen LogP contribution < -0.4 is 14.2 Å². The molecule has 90 valence electrons. The second-order valence-electron chi connectivity index (χ2n) is 3.27. The Kier molecular flexibility index (Phi) is 5.93. The van der Waals surface area contributed by atoms with Crippen LogP contribution in [0, 0.1) is 0 Å². The monoisotopic (exact) mass is 242 g/mol. The highest BCUT2D eigenvalue weighted by Crippen LogP contribution is 2.36. The molecule has 0 radical (unpaired) electrons. The second kappa shape index (κ2) is 7.28. The van der Waals surface area contributed by atoms with Crippen LogP contribution in [0.4, 0.5) is 0 Å². The molecule has 0 saturated heterocycles. The Balaban J connectivity index is 2.67. The topological polar surface area (TPSA) is 27.7 Å². The number of rotatable bonds is 7.